The molecule has 24 nitrogen and oxygen atoms in total. The lowest BCUT2D eigenvalue weighted by Gasteiger charge is -2.45. The Morgan fingerprint density at radius 1 is 0.606 bits per heavy atom. The number of piperidine rings is 1. The summed E-state index contributed by atoms with van der Waals surface area (Å²) in [5.74, 6) is -9.48. The normalized spacial score (nSPS) is 25.7. The van der Waals surface area contributed by atoms with Crippen molar-refractivity contribution in [1.29, 1.82) is 0 Å². The molecule has 3 aliphatic heterocycles. The van der Waals surface area contributed by atoms with Gasteiger partial charge in [-0.2, -0.15) is 13.2 Å². The molecule has 11 atom stereocenters. The highest BCUT2D eigenvalue weighted by atomic mass is 35.5. The van der Waals surface area contributed by atoms with Gasteiger partial charge in [0, 0.05) is 81.8 Å². The van der Waals surface area contributed by atoms with Gasteiger partial charge in [-0.1, -0.05) is 131 Å². The highest BCUT2D eigenvalue weighted by molar-refractivity contribution is 6.31. The maximum Gasteiger partial charge on any atom is 0.417 e. The maximum atomic E-state index is 15.7. The third kappa shape index (κ3) is 19.5. The number of rotatable bonds is 12. The molecule has 4 fully saturated rings. The van der Waals surface area contributed by atoms with E-state index in [9.17, 15) is 46.7 Å². The molecular weight excluding hydrogens is 1370 g/mol. The van der Waals surface area contributed by atoms with Gasteiger partial charge in [0.2, 0.25) is 70.9 Å². The molecule has 28 heteroatoms. The van der Waals surface area contributed by atoms with E-state index in [4.69, 9.17) is 11.6 Å². The van der Waals surface area contributed by atoms with Crippen molar-refractivity contribution in [3.8, 4) is 0 Å². The van der Waals surface area contributed by atoms with Gasteiger partial charge in [-0.25, -0.2) is 0 Å². The van der Waals surface area contributed by atoms with Crippen LogP contribution in [0.3, 0.4) is 0 Å². The molecule has 0 aromatic heterocycles. The highest BCUT2D eigenvalue weighted by Crippen LogP contribution is 2.37. The van der Waals surface area contributed by atoms with E-state index >= 15 is 24.0 Å². The average Bonchev–Trinajstić information content (AvgIpc) is 1.33. The van der Waals surface area contributed by atoms with Crippen LogP contribution in [-0.2, 0) is 83.0 Å². The maximum absolute atomic E-state index is 15.7. The molecule has 0 bridgehead atoms. The van der Waals surface area contributed by atoms with E-state index in [1.165, 1.54) is 93.7 Å². The molecule has 3 saturated heterocycles. The summed E-state index contributed by atoms with van der Waals surface area (Å²) in [7, 11) is 9.71. The minimum absolute atomic E-state index is 0.0601. The Kier molecular flexibility index (Phi) is 28.5. The molecule has 12 amide bonds. The number of nitrogens with one attached hydrogen (secondary N) is 3. The number of likely N-dealkylation sites (N-methyl/N-ethyl adjacent to an activating group) is 7. The third-order valence-corrected chi connectivity index (χ3v) is 22.3. The van der Waals surface area contributed by atoms with Gasteiger partial charge in [0.1, 0.15) is 59.9 Å². The minimum Gasteiger partial charge on any atom is -0.343 e. The van der Waals surface area contributed by atoms with Crippen molar-refractivity contribution in [1.82, 2.24) is 60.0 Å². The SMILES string of the molecule is CC[C@H](C)[C@@H]1NC(=O)[C@H](C)N(C)C(=O)C[C@@H](C(=O)N2CCCCC2)N(C)C(=O)[C@H]([C@@H](C)CC)N(C)C(=O)C2(CCCC2)NC(=O)[C@@H](Cc2ccccc2)N(C)C(=O)[C@H](CCc2ccc(C(F)(F)F)c(Cl)c2)NC(=O)CN(C)C(=O)[C@H](Cc2ccc(C)cc2)N(C)C(=O)[C@@H]2CCN2C(=O)[C@H](C)N(C)C1=O. The first-order valence-corrected chi connectivity index (χ1v) is 36.7. The molecule has 104 heavy (non-hydrogen) atoms. The lowest BCUT2D eigenvalue weighted by atomic mass is 9.90. The summed E-state index contributed by atoms with van der Waals surface area (Å²) in [5, 5.41) is 8.03. The molecule has 3 N–H and O–H groups in total. The van der Waals surface area contributed by atoms with Crippen LogP contribution in [0.4, 0.5) is 13.2 Å². The van der Waals surface area contributed by atoms with Gasteiger partial charge in [-0.15, -0.1) is 0 Å². The minimum atomic E-state index is -4.79. The summed E-state index contributed by atoms with van der Waals surface area (Å²) < 4.78 is 41.9. The summed E-state index contributed by atoms with van der Waals surface area (Å²) in [6, 6.07) is 7.24. The van der Waals surface area contributed by atoms with Gasteiger partial charge in [0.15, 0.2) is 0 Å². The topological polar surface area (TPSA) is 270 Å². The fourth-order valence-corrected chi connectivity index (χ4v) is 14.6. The lowest BCUT2D eigenvalue weighted by Crippen LogP contribution is -2.65. The van der Waals surface area contributed by atoms with Crippen molar-refractivity contribution in [3.05, 3.63) is 106 Å². The van der Waals surface area contributed by atoms with Crippen LogP contribution in [0.5, 0.6) is 0 Å². The first-order valence-electron chi connectivity index (χ1n) is 36.3. The van der Waals surface area contributed by atoms with E-state index in [0.717, 1.165) is 38.8 Å². The fraction of sp³-hybridized carbons (Fsp3) is 0.605. The van der Waals surface area contributed by atoms with Crippen LogP contribution >= 0.6 is 11.6 Å². The zero-order chi connectivity index (χ0) is 77.0. The van der Waals surface area contributed by atoms with Crippen molar-refractivity contribution < 1.29 is 70.7 Å². The van der Waals surface area contributed by atoms with Crippen LogP contribution in [0.1, 0.15) is 146 Å². The van der Waals surface area contributed by atoms with Crippen LogP contribution in [0.25, 0.3) is 0 Å². The smallest absolute Gasteiger partial charge is 0.343 e. The summed E-state index contributed by atoms with van der Waals surface area (Å²) in [6.07, 6.45) is -1.77. The zero-order valence-electron chi connectivity index (χ0n) is 62.6. The summed E-state index contributed by atoms with van der Waals surface area (Å²) in [6.45, 7) is 12.1. The second-order valence-electron chi connectivity index (χ2n) is 29.1. The van der Waals surface area contributed by atoms with Gasteiger partial charge >= 0.3 is 6.18 Å². The van der Waals surface area contributed by atoms with E-state index in [2.05, 4.69) is 16.0 Å². The predicted molar refractivity (Wildman–Crippen MR) is 385 cm³/mol. The van der Waals surface area contributed by atoms with E-state index < -0.39 is 172 Å². The average molecular weight is 1470 g/mol. The number of fused-ring (bicyclic) bond motifs is 1. The predicted octanol–water partition coefficient (Wildman–Crippen LogP) is 6.05. The second-order valence-corrected chi connectivity index (χ2v) is 29.5. The summed E-state index contributed by atoms with van der Waals surface area (Å²) in [5.41, 5.74) is -0.379. The number of likely N-dealkylation sites (tertiary alicyclic amines) is 1. The van der Waals surface area contributed by atoms with E-state index in [1.54, 1.807) is 61.2 Å². The van der Waals surface area contributed by atoms with Gasteiger partial charge in [-0.3, -0.25) is 57.5 Å². The molecule has 3 heterocycles. The zero-order valence-corrected chi connectivity index (χ0v) is 63.4. The number of carbonyl (C=O) groups is 12. The largest absolute Gasteiger partial charge is 0.417 e. The summed E-state index contributed by atoms with van der Waals surface area (Å²) >= 11 is 6.20. The molecule has 1 aliphatic carbocycles. The number of aryl methyl sites for hydroxylation is 2. The number of hydrogen-bond acceptors (Lipinski definition) is 12. The number of halogens is 4. The van der Waals surface area contributed by atoms with Crippen LogP contribution in [0, 0.1) is 18.8 Å². The molecule has 1 saturated carbocycles. The van der Waals surface area contributed by atoms with E-state index in [-0.39, 0.29) is 57.1 Å². The van der Waals surface area contributed by atoms with Crippen molar-refractivity contribution in [2.24, 2.45) is 11.8 Å². The molecule has 3 aromatic carbocycles. The fourth-order valence-electron chi connectivity index (χ4n) is 14.3. The quantitative estimate of drug-likeness (QED) is 0.187. The van der Waals surface area contributed by atoms with E-state index in [0.29, 0.717) is 62.7 Å². The number of carbonyl (C=O) groups excluding carboxylic acids is 12. The summed E-state index contributed by atoms with van der Waals surface area (Å²) in [4.78, 5) is 192. The van der Waals surface area contributed by atoms with Crippen molar-refractivity contribution in [3.63, 3.8) is 0 Å². The first-order chi connectivity index (χ1) is 49.0. The Balaban J connectivity index is 1.33. The standard InChI is InChI=1S/C76H106ClF3N12O12/c1-15-47(4)63-72(102)86(10)50(7)67(97)92-40-35-57(92)70(100)88(12)59(43-53-29-27-46(3)28-30-53)69(99)84(8)45-61(93)81-56(34-32-52-31-33-54(55(77)41-52)76(78,79)80)68(98)87(11)58(42-51-25-19-17-20-26-51)66(96)83-75(36-21-22-37-75)74(104)90(14)64(48(5)16-2)73(103)89(13)60(71(101)91-38-23-18-24-39-91)44-62(94)85(9)49(6)65(95)82-63/h17,19-20,25-31,33,41,47-50,56-60,63-64H,15-16,18,21-24,32,34-40,42-45H2,1-14H3,(H,81,93)(H,82,95)(H,83,96)/t47-,48-,49-,50-,56-,57-,58+,59-,60-,63-,64-/m0/s1. The van der Waals surface area contributed by atoms with Gasteiger partial charge in [0.05, 0.1) is 23.6 Å². The number of nitrogens with zero attached hydrogens (tertiary/aromatic N) is 9. The second kappa shape index (κ2) is 35.9. The van der Waals surface area contributed by atoms with Crippen molar-refractivity contribution >= 4 is 82.5 Å². The Morgan fingerprint density at radius 3 is 1.77 bits per heavy atom. The molecule has 4 aliphatic rings. The number of alkyl halides is 3. The molecule has 3 aromatic rings. The molecule has 7 rings (SSSR count). The van der Waals surface area contributed by atoms with Crippen LogP contribution in [0.15, 0.2) is 72.8 Å². The van der Waals surface area contributed by atoms with Crippen molar-refractivity contribution in [2.45, 2.75) is 211 Å². The molecular formula is C76H106ClF3N12O12. The van der Waals surface area contributed by atoms with Crippen LogP contribution < -0.4 is 16.0 Å². The van der Waals surface area contributed by atoms with Gasteiger partial charge in [-0.05, 0) is 113 Å². The number of amides is 12. The monoisotopic (exact) mass is 1470 g/mol. The Bertz CT molecular complexity index is 3610. The molecule has 0 radical (unpaired) electrons. The Hall–Kier alpha value is -8.62. The molecule has 570 valence electrons. The Labute approximate surface area is 614 Å². The van der Waals surface area contributed by atoms with Gasteiger partial charge < -0.3 is 60.0 Å². The Morgan fingerprint density at radius 2 is 1.19 bits per heavy atom. The van der Waals surface area contributed by atoms with Crippen molar-refractivity contribution in [2.75, 3.05) is 75.5 Å². The number of hydrogen-bond donors (Lipinski definition) is 3. The molecule has 1 spiro atoms. The molecule has 0 unspecified atom stereocenters. The third-order valence-electron chi connectivity index (χ3n) is 22.0. The lowest BCUT2D eigenvalue weighted by molar-refractivity contribution is -0.160. The van der Waals surface area contributed by atoms with E-state index in [1.807, 2.05) is 32.9 Å². The van der Waals surface area contributed by atoms with Gasteiger partial charge in [0.25, 0.3) is 0 Å². The van der Waals surface area contributed by atoms with Crippen LogP contribution in [0.2, 0.25) is 5.02 Å². The number of benzene rings is 3. The highest BCUT2D eigenvalue weighted by Gasteiger charge is 2.51. The van der Waals surface area contributed by atoms with Crippen LogP contribution in [-0.4, -0.2) is 250 Å². The first kappa shape index (κ1) is 82.7.